The number of carbonyl (C=O) groups excluding carboxylic acids is 1. The third kappa shape index (κ3) is 5.77. The fraction of sp³-hybridized carbons (Fsp3) is 0.400. The monoisotopic (exact) mass is 367 g/mol. The van der Waals surface area contributed by atoms with Crippen LogP contribution in [0.4, 0.5) is 0 Å². The molecule has 4 N–H and O–H groups in total. The molecule has 0 aromatic carbocycles. The van der Waals surface area contributed by atoms with Gasteiger partial charge in [-0.25, -0.2) is 4.79 Å². The predicted molar refractivity (Wildman–Crippen MR) is 91.7 cm³/mol. The molecule has 0 saturated carbocycles. The third-order valence-corrected chi connectivity index (χ3v) is 4.72. The van der Waals surface area contributed by atoms with Crippen molar-refractivity contribution in [1.29, 1.82) is 0 Å². The van der Waals surface area contributed by atoms with Crippen LogP contribution in [0, 0.1) is 0 Å². The highest BCUT2D eigenvalue weighted by atomic mass is 32.2. The molecule has 1 amide bonds. The maximum absolute atomic E-state index is 12.5. The first-order valence-electron chi connectivity index (χ1n) is 7.67. The number of nitrogens with one attached hydrogen (secondary N) is 1. The van der Waals surface area contributed by atoms with Gasteiger partial charge in [0.05, 0.1) is 24.0 Å². The Hall–Kier alpha value is -2.04. The number of rotatable bonds is 6. The fourth-order valence-electron chi connectivity index (χ4n) is 2.54. The molecule has 2 unspecified atom stereocenters. The summed E-state index contributed by atoms with van der Waals surface area (Å²) in [5.74, 6) is -3.01. The first-order chi connectivity index (χ1) is 11.9. The number of carboxylic acids is 2. The standard InChI is InChI=1S/C15H18BNO7S/c18-13(19)7-9-4-5-12(16(23)24-9)17-15(22)10(8-14(20)21)11-3-1-2-6-25-11/h1-3,8-9,12,23H,4-7H2,(H,17,22)(H,18,19)(H,20,21)/b10-8+. The molecule has 0 aromatic heterocycles. The van der Waals surface area contributed by atoms with Crippen molar-refractivity contribution in [2.75, 3.05) is 5.75 Å². The number of thioether (sulfide) groups is 1. The van der Waals surface area contributed by atoms with Gasteiger partial charge < -0.3 is 25.2 Å². The van der Waals surface area contributed by atoms with E-state index in [4.69, 9.17) is 14.9 Å². The summed E-state index contributed by atoms with van der Waals surface area (Å²) >= 11 is 1.33. The van der Waals surface area contributed by atoms with Gasteiger partial charge in [0.15, 0.2) is 0 Å². The van der Waals surface area contributed by atoms with Crippen LogP contribution in [0.1, 0.15) is 19.3 Å². The van der Waals surface area contributed by atoms with Crippen LogP contribution in [0.25, 0.3) is 0 Å². The van der Waals surface area contributed by atoms with Crippen LogP contribution >= 0.6 is 11.8 Å². The van der Waals surface area contributed by atoms with Crippen LogP contribution in [-0.4, -0.2) is 58.0 Å². The van der Waals surface area contributed by atoms with Crippen molar-refractivity contribution >= 4 is 36.7 Å². The van der Waals surface area contributed by atoms with Crippen molar-refractivity contribution in [3.05, 3.63) is 34.8 Å². The summed E-state index contributed by atoms with van der Waals surface area (Å²) in [6.45, 7) is 0. The zero-order valence-electron chi connectivity index (χ0n) is 13.3. The van der Waals surface area contributed by atoms with Crippen molar-refractivity contribution in [3.8, 4) is 0 Å². The average molecular weight is 367 g/mol. The van der Waals surface area contributed by atoms with Gasteiger partial charge in [0, 0.05) is 16.7 Å². The largest absolute Gasteiger partial charge is 0.481 e. The van der Waals surface area contributed by atoms with Gasteiger partial charge in [0.25, 0.3) is 5.91 Å². The van der Waals surface area contributed by atoms with Crippen LogP contribution in [0.3, 0.4) is 0 Å². The Balaban J connectivity index is 2.03. The van der Waals surface area contributed by atoms with E-state index in [1.54, 1.807) is 12.2 Å². The summed E-state index contributed by atoms with van der Waals surface area (Å²) in [7, 11) is -1.35. The van der Waals surface area contributed by atoms with Gasteiger partial charge in [0.1, 0.15) is 0 Å². The Morgan fingerprint density at radius 1 is 1.36 bits per heavy atom. The molecule has 2 heterocycles. The van der Waals surface area contributed by atoms with Gasteiger partial charge in [-0.2, -0.15) is 0 Å². The summed E-state index contributed by atoms with van der Waals surface area (Å²) in [4.78, 5) is 34.7. The van der Waals surface area contributed by atoms with Crippen molar-refractivity contribution < 1.29 is 34.3 Å². The van der Waals surface area contributed by atoms with Gasteiger partial charge in [-0.1, -0.05) is 12.2 Å². The van der Waals surface area contributed by atoms with Gasteiger partial charge in [-0.05, 0) is 18.9 Å². The lowest BCUT2D eigenvalue weighted by Gasteiger charge is -2.31. The van der Waals surface area contributed by atoms with E-state index in [1.165, 1.54) is 11.8 Å². The Kier molecular flexibility index (Phi) is 6.86. The highest BCUT2D eigenvalue weighted by molar-refractivity contribution is 8.03. The Morgan fingerprint density at radius 2 is 2.12 bits per heavy atom. The number of aliphatic carboxylic acids is 2. The first-order valence-corrected chi connectivity index (χ1v) is 8.66. The fourth-order valence-corrected chi connectivity index (χ4v) is 3.41. The molecule has 134 valence electrons. The molecule has 10 heteroatoms. The van der Waals surface area contributed by atoms with Crippen molar-refractivity contribution in [2.24, 2.45) is 0 Å². The summed E-state index contributed by atoms with van der Waals surface area (Å²) < 4.78 is 5.21. The molecule has 0 radical (unpaired) electrons. The van der Waals surface area contributed by atoms with E-state index in [9.17, 15) is 19.4 Å². The van der Waals surface area contributed by atoms with E-state index in [2.05, 4.69) is 5.32 Å². The zero-order chi connectivity index (χ0) is 18.4. The number of carboxylic acid groups (broad SMARTS) is 2. The maximum atomic E-state index is 12.5. The van der Waals surface area contributed by atoms with Gasteiger partial charge in [0.2, 0.25) is 0 Å². The second kappa shape index (κ2) is 8.88. The normalized spacial score (nSPS) is 23.8. The van der Waals surface area contributed by atoms with E-state index in [0.29, 0.717) is 23.5 Å². The number of allylic oxidation sites excluding steroid dienone is 2. The van der Waals surface area contributed by atoms with E-state index in [0.717, 1.165) is 6.08 Å². The lowest BCUT2D eigenvalue weighted by Crippen LogP contribution is -2.53. The van der Waals surface area contributed by atoms with Crippen molar-refractivity contribution in [1.82, 2.24) is 5.32 Å². The minimum atomic E-state index is -1.35. The topological polar surface area (TPSA) is 133 Å². The van der Waals surface area contributed by atoms with Crippen molar-refractivity contribution in [3.63, 3.8) is 0 Å². The smallest absolute Gasteiger partial charge is 0.478 e. The summed E-state index contributed by atoms with van der Waals surface area (Å²) in [5, 5.41) is 30.3. The quantitative estimate of drug-likeness (QED) is 0.390. The van der Waals surface area contributed by atoms with E-state index in [1.807, 2.05) is 6.08 Å². The minimum Gasteiger partial charge on any atom is -0.481 e. The highest BCUT2D eigenvalue weighted by Crippen LogP contribution is 2.28. The lowest BCUT2D eigenvalue weighted by atomic mass is 9.72. The molecule has 2 atom stereocenters. The molecule has 1 saturated heterocycles. The summed E-state index contributed by atoms with van der Waals surface area (Å²) in [5.41, 5.74) is 0.00158. The molecule has 25 heavy (non-hydrogen) atoms. The second-order valence-corrected chi connectivity index (χ2v) is 6.63. The summed E-state index contributed by atoms with van der Waals surface area (Å²) in [6, 6.07) is 0. The Bertz CT molecular complexity index is 646. The molecule has 0 aromatic rings. The summed E-state index contributed by atoms with van der Waals surface area (Å²) in [6.07, 6.45) is 5.96. The van der Waals surface area contributed by atoms with Crippen LogP contribution < -0.4 is 5.32 Å². The van der Waals surface area contributed by atoms with E-state index < -0.39 is 37.0 Å². The maximum Gasteiger partial charge on any atom is 0.478 e. The van der Waals surface area contributed by atoms with E-state index in [-0.39, 0.29) is 12.0 Å². The van der Waals surface area contributed by atoms with Gasteiger partial charge in [-0.3, -0.25) is 9.59 Å². The molecule has 0 bridgehead atoms. The van der Waals surface area contributed by atoms with Gasteiger partial charge >= 0.3 is 19.1 Å². The molecule has 1 fully saturated rings. The first kappa shape index (κ1) is 19.3. The lowest BCUT2D eigenvalue weighted by molar-refractivity contribution is -0.139. The molecule has 0 spiro atoms. The Labute approximate surface area is 148 Å². The molecular formula is C15H18BNO7S. The SMILES string of the molecule is O=C(O)/C=C(/C(=O)NC1CCC(CC(=O)O)OB1O)C1=CC=CCS1. The van der Waals surface area contributed by atoms with Gasteiger partial charge in [-0.15, -0.1) is 11.8 Å². The molecular weight excluding hydrogens is 349 g/mol. The third-order valence-electron chi connectivity index (χ3n) is 3.69. The highest BCUT2D eigenvalue weighted by Gasteiger charge is 2.37. The predicted octanol–water partition coefficient (Wildman–Crippen LogP) is 0.343. The molecule has 2 aliphatic heterocycles. The van der Waals surface area contributed by atoms with Crippen molar-refractivity contribution in [2.45, 2.75) is 31.3 Å². The number of carbonyl (C=O) groups is 3. The average Bonchev–Trinajstić information content (AvgIpc) is 2.55. The number of hydrogen-bond donors (Lipinski definition) is 4. The molecule has 8 nitrogen and oxygen atoms in total. The van der Waals surface area contributed by atoms with Crippen LogP contribution in [0.15, 0.2) is 34.8 Å². The van der Waals surface area contributed by atoms with E-state index >= 15 is 0 Å². The molecule has 2 aliphatic rings. The Morgan fingerprint density at radius 3 is 2.68 bits per heavy atom. The number of hydrogen-bond acceptors (Lipinski definition) is 6. The number of amides is 1. The minimum absolute atomic E-state index is 0.00158. The molecule has 2 rings (SSSR count). The van der Waals surface area contributed by atoms with Crippen LogP contribution in [-0.2, 0) is 19.0 Å². The zero-order valence-corrected chi connectivity index (χ0v) is 14.1. The molecule has 0 aliphatic carbocycles. The van der Waals surface area contributed by atoms with Crippen LogP contribution in [0.2, 0.25) is 0 Å². The van der Waals surface area contributed by atoms with Crippen LogP contribution in [0.5, 0.6) is 0 Å². The second-order valence-electron chi connectivity index (χ2n) is 5.57.